The SMILES string of the molecule is Clc1csc(Nc2cccc3ncccc23)n1. The van der Waals surface area contributed by atoms with Crippen LogP contribution in [0.4, 0.5) is 10.8 Å². The Kier molecular flexibility index (Phi) is 2.66. The zero-order valence-corrected chi connectivity index (χ0v) is 10.3. The van der Waals surface area contributed by atoms with E-state index in [1.807, 2.05) is 30.3 Å². The summed E-state index contributed by atoms with van der Waals surface area (Å²) < 4.78 is 0. The zero-order chi connectivity index (χ0) is 11.7. The number of benzene rings is 1. The Balaban J connectivity index is 2.05. The van der Waals surface area contributed by atoms with Crippen LogP contribution in [0.2, 0.25) is 5.15 Å². The number of hydrogen-bond donors (Lipinski definition) is 1. The summed E-state index contributed by atoms with van der Waals surface area (Å²) in [5, 5.41) is 7.41. The van der Waals surface area contributed by atoms with Crippen LogP contribution in [0.1, 0.15) is 0 Å². The number of fused-ring (bicyclic) bond motifs is 1. The van der Waals surface area contributed by atoms with Crippen molar-refractivity contribution in [3.05, 3.63) is 47.1 Å². The molecule has 0 saturated heterocycles. The first-order valence-corrected chi connectivity index (χ1v) is 6.30. The van der Waals surface area contributed by atoms with Gasteiger partial charge in [0, 0.05) is 22.7 Å². The highest BCUT2D eigenvalue weighted by Gasteiger charge is 2.04. The van der Waals surface area contributed by atoms with Crippen molar-refractivity contribution in [1.82, 2.24) is 9.97 Å². The van der Waals surface area contributed by atoms with Gasteiger partial charge in [-0.15, -0.1) is 11.3 Å². The van der Waals surface area contributed by atoms with E-state index >= 15 is 0 Å². The van der Waals surface area contributed by atoms with Crippen LogP contribution in [0, 0.1) is 0 Å². The standard InChI is InChI=1S/C12H8ClN3S/c13-11-7-17-12(16-11)15-10-5-1-4-9-8(10)3-2-6-14-9/h1-7H,(H,15,16). The van der Waals surface area contributed by atoms with Crippen LogP contribution >= 0.6 is 22.9 Å². The van der Waals surface area contributed by atoms with Crippen molar-refractivity contribution in [3.8, 4) is 0 Å². The van der Waals surface area contributed by atoms with Gasteiger partial charge in [-0.3, -0.25) is 4.98 Å². The minimum Gasteiger partial charge on any atom is -0.331 e. The molecule has 0 fully saturated rings. The topological polar surface area (TPSA) is 37.8 Å². The number of nitrogens with one attached hydrogen (secondary N) is 1. The summed E-state index contributed by atoms with van der Waals surface area (Å²) in [5.41, 5.74) is 1.95. The van der Waals surface area contributed by atoms with Gasteiger partial charge in [-0.1, -0.05) is 17.7 Å². The molecule has 1 aromatic carbocycles. The molecule has 0 atom stereocenters. The maximum atomic E-state index is 5.79. The molecule has 0 radical (unpaired) electrons. The number of rotatable bonds is 2. The van der Waals surface area contributed by atoms with Crippen LogP contribution in [0.3, 0.4) is 0 Å². The first kappa shape index (κ1) is 10.5. The molecule has 84 valence electrons. The van der Waals surface area contributed by atoms with Gasteiger partial charge in [0.2, 0.25) is 0 Å². The number of hydrogen-bond acceptors (Lipinski definition) is 4. The van der Waals surface area contributed by atoms with Gasteiger partial charge in [0.05, 0.1) is 5.52 Å². The summed E-state index contributed by atoms with van der Waals surface area (Å²) in [4.78, 5) is 8.47. The third kappa shape index (κ3) is 2.09. The van der Waals surface area contributed by atoms with Gasteiger partial charge in [-0.25, -0.2) is 4.98 Å². The summed E-state index contributed by atoms with van der Waals surface area (Å²) >= 11 is 7.27. The third-order valence-electron chi connectivity index (χ3n) is 2.36. The van der Waals surface area contributed by atoms with Crippen molar-refractivity contribution < 1.29 is 0 Å². The number of pyridine rings is 1. The maximum absolute atomic E-state index is 5.79. The first-order valence-electron chi connectivity index (χ1n) is 5.05. The summed E-state index contributed by atoms with van der Waals surface area (Å²) in [6.45, 7) is 0. The molecule has 0 amide bonds. The van der Waals surface area contributed by atoms with Crippen molar-refractivity contribution in [1.29, 1.82) is 0 Å². The number of halogens is 1. The van der Waals surface area contributed by atoms with Crippen LogP contribution in [0.25, 0.3) is 10.9 Å². The lowest BCUT2D eigenvalue weighted by Crippen LogP contribution is -1.91. The second-order valence-corrected chi connectivity index (χ2v) is 4.72. The average Bonchev–Trinajstić information content (AvgIpc) is 2.75. The largest absolute Gasteiger partial charge is 0.331 e. The Morgan fingerprint density at radius 2 is 2.12 bits per heavy atom. The summed E-state index contributed by atoms with van der Waals surface area (Å²) in [6, 6.07) is 9.89. The third-order valence-corrected chi connectivity index (χ3v) is 3.44. The molecular formula is C12H8ClN3S. The number of nitrogens with zero attached hydrogens (tertiary/aromatic N) is 2. The second-order valence-electron chi connectivity index (χ2n) is 3.48. The molecule has 0 bridgehead atoms. The van der Waals surface area contributed by atoms with Crippen molar-refractivity contribution in [2.75, 3.05) is 5.32 Å². The molecule has 0 saturated carbocycles. The Labute approximate surface area is 107 Å². The fourth-order valence-electron chi connectivity index (χ4n) is 1.64. The van der Waals surface area contributed by atoms with E-state index in [1.165, 1.54) is 11.3 Å². The number of anilines is 2. The Hall–Kier alpha value is -1.65. The average molecular weight is 262 g/mol. The Morgan fingerprint density at radius 3 is 2.94 bits per heavy atom. The highest BCUT2D eigenvalue weighted by atomic mass is 35.5. The van der Waals surface area contributed by atoms with Crippen molar-refractivity contribution in [2.24, 2.45) is 0 Å². The van der Waals surface area contributed by atoms with Crippen molar-refractivity contribution in [3.63, 3.8) is 0 Å². The molecule has 2 aromatic heterocycles. The molecule has 0 aliphatic carbocycles. The highest BCUT2D eigenvalue weighted by Crippen LogP contribution is 2.27. The van der Waals surface area contributed by atoms with E-state index in [9.17, 15) is 0 Å². The quantitative estimate of drug-likeness (QED) is 0.755. The van der Waals surface area contributed by atoms with Gasteiger partial charge in [0.25, 0.3) is 0 Å². The molecule has 5 heteroatoms. The van der Waals surface area contributed by atoms with Crippen LogP contribution in [0.15, 0.2) is 41.9 Å². The predicted molar refractivity (Wildman–Crippen MR) is 72.1 cm³/mol. The van der Waals surface area contributed by atoms with E-state index in [0.717, 1.165) is 21.7 Å². The molecule has 0 aliphatic rings. The van der Waals surface area contributed by atoms with E-state index < -0.39 is 0 Å². The van der Waals surface area contributed by atoms with Gasteiger partial charge < -0.3 is 5.32 Å². The minimum absolute atomic E-state index is 0.510. The molecule has 0 unspecified atom stereocenters. The molecule has 3 rings (SSSR count). The van der Waals surface area contributed by atoms with E-state index in [-0.39, 0.29) is 0 Å². The van der Waals surface area contributed by atoms with E-state index in [4.69, 9.17) is 11.6 Å². The van der Waals surface area contributed by atoms with E-state index in [1.54, 1.807) is 11.6 Å². The molecule has 0 spiro atoms. The number of aromatic nitrogens is 2. The molecule has 1 N–H and O–H groups in total. The van der Waals surface area contributed by atoms with Gasteiger partial charge in [-0.05, 0) is 24.3 Å². The Bertz CT molecular complexity index is 660. The normalized spacial score (nSPS) is 10.6. The molecular weight excluding hydrogens is 254 g/mol. The maximum Gasteiger partial charge on any atom is 0.188 e. The fraction of sp³-hybridized carbons (Fsp3) is 0. The molecule has 3 aromatic rings. The second kappa shape index (κ2) is 4.31. The van der Waals surface area contributed by atoms with Gasteiger partial charge in [0.15, 0.2) is 5.13 Å². The van der Waals surface area contributed by atoms with Crippen LogP contribution < -0.4 is 5.32 Å². The lowest BCUT2D eigenvalue weighted by Gasteiger charge is -2.05. The van der Waals surface area contributed by atoms with Crippen molar-refractivity contribution >= 4 is 44.7 Å². The van der Waals surface area contributed by atoms with Crippen LogP contribution in [-0.2, 0) is 0 Å². The minimum atomic E-state index is 0.510. The fourth-order valence-corrected chi connectivity index (χ4v) is 2.49. The monoisotopic (exact) mass is 261 g/mol. The Morgan fingerprint density at radius 1 is 1.18 bits per heavy atom. The summed E-state index contributed by atoms with van der Waals surface area (Å²) in [7, 11) is 0. The van der Waals surface area contributed by atoms with Crippen LogP contribution in [-0.4, -0.2) is 9.97 Å². The van der Waals surface area contributed by atoms with Gasteiger partial charge >= 0.3 is 0 Å². The van der Waals surface area contributed by atoms with Gasteiger partial charge in [-0.2, -0.15) is 0 Å². The predicted octanol–water partition coefficient (Wildman–Crippen LogP) is 4.09. The molecule has 17 heavy (non-hydrogen) atoms. The summed E-state index contributed by atoms with van der Waals surface area (Å²) in [6.07, 6.45) is 1.78. The van der Waals surface area contributed by atoms with E-state index in [2.05, 4.69) is 15.3 Å². The molecule has 3 nitrogen and oxygen atoms in total. The first-order chi connectivity index (χ1) is 8.33. The van der Waals surface area contributed by atoms with Gasteiger partial charge in [0.1, 0.15) is 5.15 Å². The lowest BCUT2D eigenvalue weighted by atomic mass is 10.2. The highest BCUT2D eigenvalue weighted by molar-refractivity contribution is 7.14. The smallest absolute Gasteiger partial charge is 0.188 e. The molecule has 0 aliphatic heterocycles. The zero-order valence-electron chi connectivity index (χ0n) is 8.72. The van der Waals surface area contributed by atoms with Crippen molar-refractivity contribution in [2.45, 2.75) is 0 Å². The molecule has 2 heterocycles. The van der Waals surface area contributed by atoms with E-state index in [0.29, 0.717) is 5.15 Å². The van der Waals surface area contributed by atoms with Crippen LogP contribution in [0.5, 0.6) is 0 Å². The number of thiazole rings is 1. The summed E-state index contributed by atoms with van der Waals surface area (Å²) in [5.74, 6) is 0. The lowest BCUT2D eigenvalue weighted by molar-refractivity contribution is 1.38.